The lowest BCUT2D eigenvalue weighted by Gasteiger charge is -2.00. The van der Waals surface area contributed by atoms with E-state index in [9.17, 15) is 10.1 Å². The van der Waals surface area contributed by atoms with Gasteiger partial charge in [0.25, 0.3) is 5.69 Å². The third kappa shape index (κ3) is 1.82. The Kier molecular flexibility index (Phi) is 3.20. The van der Waals surface area contributed by atoms with E-state index in [-0.39, 0.29) is 5.69 Å². The highest BCUT2D eigenvalue weighted by Crippen LogP contribution is 2.33. The lowest BCUT2D eigenvalue weighted by molar-refractivity contribution is -0.383. The zero-order chi connectivity index (χ0) is 11.7. The van der Waals surface area contributed by atoms with Crippen LogP contribution >= 0.6 is 28.4 Å². The van der Waals surface area contributed by atoms with Gasteiger partial charge in [-0.3, -0.25) is 10.1 Å². The van der Waals surface area contributed by atoms with E-state index in [1.54, 1.807) is 10.5 Å². The molecule has 0 fully saturated rings. The summed E-state index contributed by atoms with van der Waals surface area (Å²) in [6.07, 6.45) is 3.55. The zero-order valence-electron chi connectivity index (χ0n) is 8.05. The molecule has 0 aliphatic heterocycles. The molecule has 82 valence electrons. The van der Waals surface area contributed by atoms with Crippen LogP contribution in [0.15, 0.2) is 24.9 Å². The molecule has 16 heavy (non-hydrogen) atoms. The predicted octanol–water partition coefficient (Wildman–Crippen LogP) is 3.38. The van der Waals surface area contributed by atoms with E-state index in [2.05, 4.69) is 33.7 Å². The summed E-state index contributed by atoms with van der Waals surface area (Å²) in [5.74, 6) is 0. The van der Waals surface area contributed by atoms with Gasteiger partial charge in [-0.05, 0) is 33.7 Å². The molecule has 0 bridgehead atoms. The molecule has 2 aromatic rings. The fourth-order valence-electron chi connectivity index (χ4n) is 1.47. The van der Waals surface area contributed by atoms with Gasteiger partial charge in [0.05, 0.1) is 28.4 Å². The van der Waals surface area contributed by atoms with Gasteiger partial charge in [-0.1, -0.05) is 12.7 Å². The molecule has 0 aliphatic rings. The van der Waals surface area contributed by atoms with Crippen molar-refractivity contribution in [1.82, 2.24) is 9.55 Å². The minimum atomic E-state index is -0.391. The van der Waals surface area contributed by atoms with E-state index in [1.165, 1.54) is 12.3 Å². The number of nitro groups is 1. The van der Waals surface area contributed by atoms with Crippen molar-refractivity contribution in [3.63, 3.8) is 0 Å². The van der Waals surface area contributed by atoms with Crippen LogP contribution in [0.5, 0.6) is 0 Å². The fourth-order valence-corrected chi connectivity index (χ4v) is 3.00. The number of hydrogen-bond acceptors (Lipinski definition) is 3. The van der Waals surface area contributed by atoms with Crippen LogP contribution in [-0.4, -0.2) is 14.5 Å². The first kappa shape index (κ1) is 11.5. The van der Waals surface area contributed by atoms with Gasteiger partial charge in [-0.15, -0.1) is 0 Å². The van der Waals surface area contributed by atoms with Crippen molar-refractivity contribution in [2.75, 3.05) is 0 Å². The van der Waals surface area contributed by atoms with Crippen molar-refractivity contribution in [2.24, 2.45) is 0 Å². The molecule has 1 atom stereocenters. The Morgan fingerprint density at radius 2 is 2.38 bits per heavy atom. The van der Waals surface area contributed by atoms with Gasteiger partial charge in [0.1, 0.15) is 0 Å². The van der Waals surface area contributed by atoms with Crippen molar-refractivity contribution in [3.8, 4) is 0 Å². The number of non-ortho nitro benzene ring substituents is 1. The normalized spacial score (nSPS) is 11.3. The molecule has 0 radical (unpaired) electrons. The number of benzene rings is 1. The summed E-state index contributed by atoms with van der Waals surface area (Å²) in [5, 5.41) is 15.6. The first-order valence-corrected chi connectivity index (χ1v) is 8.38. The maximum absolute atomic E-state index is 10.9. The fraction of sp³-hybridized carbons (Fsp3) is 0. The third-order valence-corrected chi connectivity index (χ3v) is 4.09. The molecule has 0 N–H and O–H groups in total. The quantitative estimate of drug-likeness (QED) is 0.370. The van der Waals surface area contributed by atoms with Gasteiger partial charge in [-0.2, -0.15) is 5.10 Å². The molecule has 0 aliphatic carbocycles. The monoisotopic (exact) mass is 347 g/mol. The molecule has 0 amide bonds. The summed E-state index contributed by atoms with van der Waals surface area (Å²) in [6.45, 7) is 3.63. The molecule has 0 saturated carbocycles. The van der Waals surface area contributed by atoms with Crippen LogP contribution in [-0.2, 0) is 0 Å². The number of rotatable bonds is 3. The van der Waals surface area contributed by atoms with Gasteiger partial charge >= 0.3 is 0 Å². The first-order chi connectivity index (χ1) is 7.67. The van der Waals surface area contributed by atoms with Crippen molar-refractivity contribution < 1.29 is 4.92 Å². The zero-order valence-corrected chi connectivity index (χ0v) is 11.2. The number of hydrogen-bond donors (Lipinski definition) is 0. The van der Waals surface area contributed by atoms with Crippen LogP contribution in [0, 0.1) is 10.1 Å². The summed E-state index contributed by atoms with van der Waals surface area (Å²) in [4.78, 5) is 10.5. The summed E-state index contributed by atoms with van der Waals surface area (Å²) in [5.41, 5.74) is 1.58. The maximum Gasteiger partial charge on any atom is 0.280 e. The van der Waals surface area contributed by atoms with Crippen LogP contribution in [0.1, 0.15) is 5.56 Å². The average molecular weight is 347 g/mol. The molecule has 1 heterocycles. The second kappa shape index (κ2) is 4.47. The van der Waals surface area contributed by atoms with E-state index in [0.717, 1.165) is 11.1 Å². The SMILES string of the molecule is C=Cc1cc([N+](=O)[O-])c2cnn(PI)c2c1. The van der Waals surface area contributed by atoms with Gasteiger partial charge in [0, 0.05) is 6.07 Å². The smallest absolute Gasteiger partial charge is 0.258 e. The summed E-state index contributed by atoms with van der Waals surface area (Å²) < 4.78 is 1.75. The topological polar surface area (TPSA) is 61.0 Å². The minimum absolute atomic E-state index is 0.0771. The lowest BCUT2D eigenvalue weighted by atomic mass is 10.1. The molecular weight excluding hydrogens is 340 g/mol. The van der Waals surface area contributed by atoms with Crippen molar-refractivity contribution >= 4 is 51.1 Å². The average Bonchev–Trinajstić information content (AvgIpc) is 2.69. The number of nitrogens with zero attached hydrogens (tertiary/aromatic N) is 3. The van der Waals surface area contributed by atoms with Crippen LogP contribution < -0.4 is 0 Å². The Morgan fingerprint density at radius 3 is 2.94 bits per heavy atom. The third-order valence-electron chi connectivity index (χ3n) is 2.20. The largest absolute Gasteiger partial charge is 0.280 e. The van der Waals surface area contributed by atoms with Crippen molar-refractivity contribution in [3.05, 3.63) is 40.6 Å². The molecule has 2 rings (SSSR count). The Labute approximate surface area is 106 Å². The van der Waals surface area contributed by atoms with Crippen LogP contribution in [0.25, 0.3) is 17.0 Å². The lowest BCUT2D eigenvalue weighted by Crippen LogP contribution is -1.90. The molecular formula is C9H7IN3O2P. The Balaban J connectivity index is 2.83. The molecule has 1 aromatic heterocycles. The number of nitro benzene ring substituents is 1. The van der Waals surface area contributed by atoms with Gasteiger partial charge < -0.3 is 0 Å². The van der Waals surface area contributed by atoms with Crippen molar-refractivity contribution in [1.29, 1.82) is 0 Å². The van der Waals surface area contributed by atoms with Crippen LogP contribution in [0.2, 0.25) is 0 Å². The van der Waals surface area contributed by atoms with Gasteiger partial charge in [0.15, 0.2) is 0 Å². The maximum atomic E-state index is 10.9. The van der Waals surface area contributed by atoms with E-state index in [0.29, 0.717) is 11.8 Å². The molecule has 7 heteroatoms. The van der Waals surface area contributed by atoms with Gasteiger partial charge in [-0.25, -0.2) is 4.45 Å². The number of halogens is 1. The summed E-state index contributed by atoms with van der Waals surface area (Å²) >= 11 is 2.18. The van der Waals surface area contributed by atoms with E-state index < -0.39 is 4.92 Å². The number of fused-ring (bicyclic) bond motifs is 1. The second-order valence-electron chi connectivity index (χ2n) is 3.07. The highest BCUT2D eigenvalue weighted by Gasteiger charge is 2.16. The molecule has 0 spiro atoms. The Morgan fingerprint density at radius 1 is 1.62 bits per heavy atom. The van der Waals surface area contributed by atoms with Crippen LogP contribution in [0.4, 0.5) is 5.69 Å². The van der Waals surface area contributed by atoms with Gasteiger partial charge in [0.2, 0.25) is 0 Å². The predicted molar refractivity (Wildman–Crippen MR) is 74.2 cm³/mol. The molecule has 1 aromatic carbocycles. The Hall–Kier alpha value is -1.01. The standard InChI is InChI=1S/C9H7IN3O2P/c1-2-6-3-8-7(5-11-12(8)16-10)9(4-6)13(14)15/h2-5,16H,1H2. The van der Waals surface area contributed by atoms with E-state index >= 15 is 0 Å². The molecule has 0 saturated heterocycles. The number of aromatic nitrogens is 2. The highest BCUT2D eigenvalue weighted by molar-refractivity contribution is 14.2. The first-order valence-electron chi connectivity index (χ1n) is 4.32. The van der Waals surface area contributed by atoms with Crippen LogP contribution in [0.3, 0.4) is 0 Å². The van der Waals surface area contributed by atoms with Crippen molar-refractivity contribution in [2.45, 2.75) is 0 Å². The highest BCUT2D eigenvalue weighted by atomic mass is 127. The minimum Gasteiger partial charge on any atom is -0.258 e. The molecule has 5 nitrogen and oxygen atoms in total. The molecule has 1 unspecified atom stereocenters. The summed E-state index contributed by atoms with van der Waals surface area (Å²) in [6, 6.07) is 3.37. The summed E-state index contributed by atoms with van der Waals surface area (Å²) in [7, 11) is 0. The van der Waals surface area contributed by atoms with E-state index in [1.807, 2.05) is 6.07 Å². The second-order valence-corrected chi connectivity index (χ2v) is 5.11. The van der Waals surface area contributed by atoms with E-state index in [4.69, 9.17) is 0 Å². The Bertz CT molecular complexity index is 581.